The second kappa shape index (κ2) is 8.63. The first-order valence-electron chi connectivity index (χ1n) is 9.21. The van der Waals surface area contributed by atoms with Crippen LogP contribution in [0, 0.1) is 11.8 Å². The van der Waals surface area contributed by atoms with Crippen LogP contribution in [0.5, 0.6) is 0 Å². The zero-order valence-corrected chi connectivity index (χ0v) is 17.9. The van der Waals surface area contributed by atoms with E-state index in [-0.39, 0.29) is 10.8 Å². The number of benzene rings is 1. The lowest BCUT2D eigenvalue weighted by Crippen LogP contribution is -2.42. The molecule has 8 heteroatoms. The van der Waals surface area contributed by atoms with E-state index in [0.717, 1.165) is 11.4 Å². The van der Waals surface area contributed by atoms with Crippen LogP contribution < -0.4 is 5.32 Å². The molecule has 0 radical (unpaired) electrons. The van der Waals surface area contributed by atoms with Crippen molar-refractivity contribution in [3.63, 3.8) is 0 Å². The number of piperidine rings is 1. The Bertz CT molecular complexity index is 918. The number of carbonyl (C=O) groups excluding carboxylic acids is 1. The summed E-state index contributed by atoms with van der Waals surface area (Å²) in [7, 11) is -3.55. The van der Waals surface area contributed by atoms with Gasteiger partial charge in [0.05, 0.1) is 21.8 Å². The monoisotopic (exact) mass is 419 g/mol. The molecule has 1 aliphatic rings. The van der Waals surface area contributed by atoms with Gasteiger partial charge in [0.25, 0.3) is 5.91 Å². The van der Waals surface area contributed by atoms with Crippen LogP contribution in [0.2, 0.25) is 0 Å². The van der Waals surface area contributed by atoms with E-state index in [9.17, 15) is 13.2 Å². The number of aromatic nitrogens is 1. The highest BCUT2D eigenvalue weighted by Gasteiger charge is 2.31. The number of nitrogens with one attached hydrogen (secondary N) is 1. The van der Waals surface area contributed by atoms with E-state index in [4.69, 9.17) is 0 Å². The van der Waals surface area contributed by atoms with E-state index in [2.05, 4.69) is 24.1 Å². The third kappa shape index (κ3) is 4.74. The SMILES string of the molecule is CSc1ccc(NC(=O)c2ccc(S(=O)(=O)N3CC(C)CC(C)C3)cc2)cn1. The lowest BCUT2D eigenvalue weighted by molar-refractivity contribution is 0.102. The predicted molar refractivity (Wildman–Crippen MR) is 112 cm³/mol. The summed E-state index contributed by atoms with van der Waals surface area (Å²) in [5.41, 5.74) is 0.990. The van der Waals surface area contributed by atoms with Crippen LogP contribution in [0.3, 0.4) is 0 Å². The molecule has 3 rings (SSSR count). The van der Waals surface area contributed by atoms with Crippen molar-refractivity contribution in [1.82, 2.24) is 9.29 Å². The Balaban J connectivity index is 1.72. The molecular formula is C20H25N3O3S2. The maximum atomic E-state index is 12.9. The molecule has 1 aromatic carbocycles. The number of pyridine rings is 1. The maximum absolute atomic E-state index is 12.9. The highest BCUT2D eigenvalue weighted by molar-refractivity contribution is 7.98. The summed E-state index contributed by atoms with van der Waals surface area (Å²) in [6.45, 7) is 5.22. The molecule has 0 spiro atoms. The van der Waals surface area contributed by atoms with Gasteiger partial charge < -0.3 is 5.32 Å². The molecule has 1 fully saturated rings. The highest BCUT2D eigenvalue weighted by Crippen LogP contribution is 2.27. The second-order valence-corrected chi connectivity index (χ2v) is 10.1. The number of sulfonamides is 1. The lowest BCUT2D eigenvalue weighted by atomic mass is 9.94. The first-order valence-corrected chi connectivity index (χ1v) is 11.9. The normalized spacial score (nSPS) is 20.7. The Hall–Kier alpha value is -1.90. The Morgan fingerprint density at radius 1 is 1.11 bits per heavy atom. The zero-order chi connectivity index (χ0) is 20.3. The molecule has 2 heterocycles. The number of hydrogen-bond acceptors (Lipinski definition) is 5. The van der Waals surface area contributed by atoms with Crippen molar-refractivity contribution in [2.75, 3.05) is 24.7 Å². The van der Waals surface area contributed by atoms with Crippen molar-refractivity contribution >= 4 is 33.4 Å². The molecule has 1 aromatic heterocycles. The molecular weight excluding hydrogens is 394 g/mol. The van der Waals surface area contributed by atoms with E-state index in [1.807, 2.05) is 12.3 Å². The van der Waals surface area contributed by atoms with Gasteiger partial charge in [0.2, 0.25) is 10.0 Å². The minimum Gasteiger partial charge on any atom is -0.321 e. The van der Waals surface area contributed by atoms with Crippen LogP contribution in [-0.4, -0.2) is 43.0 Å². The van der Waals surface area contributed by atoms with Gasteiger partial charge in [-0.05, 0) is 60.9 Å². The fraction of sp³-hybridized carbons (Fsp3) is 0.400. The van der Waals surface area contributed by atoms with E-state index in [1.165, 1.54) is 23.9 Å². The summed E-state index contributed by atoms with van der Waals surface area (Å²) in [5, 5.41) is 3.64. The number of carbonyl (C=O) groups is 1. The molecule has 150 valence electrons. The van der Waals surface area contributed by atoms with E-state index in [1.54, 1.807) is 28.7 Å². The number of rotatable bonds is 5. The molecule has 6 nitrogen and oxygen atoms in total. The van der Waals surface area contributed by atoms with Crippen molar-refractivity contribution in [3.8, 4) is 0 Å². The van der Waals surface area contributed by atoms with Gasteiger partial charge in [0.1, 0.15) is 0 Å². The minimum atomic E-state index is -3.55. The molecule has 2 aromatic rings. The number of hydrogen-bond donors (Lipinski definition) is 1. The van der Waals surface area contributed by atoms with Crippen molar-refractivity contribution in [3.05, 3.63) is 48.2 Å². The lowest BCUT2D eigenvalue weighted by Gasteiger charge is -2.34. The van der Waals surface area contributed by atoms with Gasteiger partial charge in [-0.3, -0.25) is 4.79 Å². The van der Waals surface area contributed by atoms with Crippen molar-refractivity contribution in [2.45, 2.75) is 30.2 Å². The zero-order valence-electron chi connectivity index (χ0n) is 16.3. The van der Waals surface area contributed by atoms with Crippen LogP contribution in [0.15, 0.2) is 52.5 Å². The Morgan fingerprint density at radius 3 is 2.29 bits per heavy atom. The van der Waals surface area contributed by atoms with Crippen LogP contribution >= 0.6 is 11.8 Å². The molecule has 1 amide bonds. The summed E-state index contributed by atoms with van der Waals surface area (Å²) in [6, 6.07) is 9.71. The molecule has 2 atom stereocenters. The van der Waals surface area contributed by atoms with Gasteiger partial charge in [-0.2, -0.15) is 4.31 Å². The Morgan fingerprint density at radius 2 is 1.75 bits per heavy atom. The van der Waals surface area contributed by atoms with Gasteiger partial charge in [-0.1, -0.05) is 13.8 Å². The van der Waals surface area contributed by atoms with Crippen LogP contribution in [0.25, 0.3) is 0 Å². The van der Waals surface area contributed by atoms with Crippen molar-refractivity contribution in [1.29, 1.82) is 0 Å². The molecule has 0 bridgehead atoms. The van der Waals surface area contributed by atoms with Gasteiger partial charge in [0.15, 0.2) is 0 Å². The smallest absolute Gasteiger partial charge is 0.255 e. The standard InChI is InChI=1S/C20H25N3O3S2/c1-14-10-15(2)13-23(12-14)28(25,26)18-7-4-16(5-8-18)20(24)22-17-6-9-19(27-3)21-11-17/h4-9,11,14-15H,10,12-13H2,1-3H3,(H,22,24). The number of thioether (sulfide) groups is 1. The van der Waals surface area contributed by atoms with E-state index in [0.29, 0.717) is 36.2 Å². The third-order valence-electron chi connectivity index (χ3n) is 4.79. The fourth-order valence-electron chi connectivity index (χ4n) is 3.51. The summed E-state index contributed by atoms with van der Waals surface area (Å²) in [5.74, 6) is 0.382. The number of nitrogens with zero attached hydrogens (tertiary/aromatic N) is 2. The maximum Gasteiger partial charge on any atom is 0.255 e. The molecule has 1 N–H and O–H groups in total. The number of anilines is 1. The van der Waals surface area contributed by atoms with Crippen molar-refractivity contribution in [2.24, 2.45) is 11.8 Å². The van der Waals surface area contributed by atoms with Gasteiger partial charge in [-0.15, -0.1) is 11.8 Å². The van der Waals surface area contributed by atoms with Gasteiger partial charge >= 0.3 is 0 Å². The molecule has 2 unspecified atom stereocenters. The van der Waals surface area contributed by atoms with E-state index >= 15 is 0 Å². The molecule has 1 aliphatic heterocycles. The predicted octanol–water partition coefficient (Wildman–Crippen LogP) is 3.72. The molecule has 28 heavy (non-hydrogen) atoms. The largest absolute Gasteiger partial charge is 0.321 e. The van der Waals surface area contributed by atoms with Gasteiger partial charge in [-0.25, -0.2) is 13.4 Å². The first-order chi connectivity index (χ1) is 13.3. The average Bonchev–Trinajstić information content (AvgIpc) is 2.68. The third-order valence-corrected chi connectivity index (χ3v) is 7.30. The Labute approximate surface area is 170 Å². The fourth-order valence-corrected chi connectivity index (χ4v) is 5.55. The summed E-state index contributed by atoms with van der Waals surface area (Å²) in [4.78, 5) is 16.8. The van der Waals surface area contributed by atoms with Crippen molar-refractivity contribution < 1.29 is 13.2 Å². The summed E-state index contributed by atoms with van der Waals surface area (Å²) >= 11 is 1.52. The number of amides is 1. The first kappa shape index (κ1) is 20.8. The highest BCUT2D eigenvalue weighted by atomic mass is 32.2. The van der Waals surface area contributed by atoms with Gasteiger partial charge in [0, 0.05) is 18.7 Å². The second-order valence-electron chi connectivity index (χ2n) is 7.34. The summed E-state index contributed by atoms with van der Waals surface area (Å²) < 4.78 is 27.4. The minimum absolute atomic E-state index is 0.219. The quantitative estimate of drug-likeness (QED) is 0.747. The Kier molecular flexibility index (Phi) is 6.42. The van der Waals surface area contributed by atoms with Crippen LogP contribution in [0.1, 0.15) is 30.6 Å². The van der Waals surface area contributed by atoms with Crippen LogP contribution in [-0.2, 0) is 10.0 Å². The van der Waals surface area contributed by atoms with E-state index < -0.39 is 10.0 Å². The summed E-state index contributed by atoms with van der Waals surface area (Å²) in [6.07, 6.45) is 4.57. The average molecular weight is 420 g/mol. The van der Waals surface area contributed by atoms with Crippen LogP contribution in [0.4, 0.5) is 5.69 Å². The molecule has 0 aliphatic carbocycles. The molecule has 0 saturated carbocycles. The topological polar surface area (TPSA) is 79.4 Å². The molecule has 1 saturated heterocycles.